The molecule has 1 heterocycles. The van der Waals surface area contributed by atoms with E-state index in [1.807, 2.05) is 0 Å². The third kappa shape index (κ3) is 4.21. The van der Waals surface area contributed by atoms with Gasteiger partial charge in [-0.3, -0.25) is 4.90 Å². The van der Waals surface area contributed by atoms with Gasteiger partial charge in [-0.15, -0.1) is 0 Å². The second kappa shape index (κ2) is 7.61. The summed E-state index contributed by atoms with van der Waals surface area (Å²) in [4.78, 5) is 2.47. The normalized spacial score (nSPS) is 16.0. The Morgan fingerprint density at radius 3 is 2.64 bits per heavy atom. The summed E-state index contributed by atoms with van der Waals surface area (Å²) in [5, 5.41) is 2.52. The molecular weight excluding hydrogens is 274 g/mol. The SMILES string of the molecule is Cc1ccc2cc(OCCCCN3CCOCC3)ccc2c1. The highest BCUT2D eigenvalue weighted by Crippen LogP contribution is 2.22. The Kier molecular flexibility index (Phi) is 5.30. The fourth-order valence-electron chi connectivity index (χ4n) is 2.89. The monoisotopic (exact) mass is 299 g/mol. The summed E-state index contributed by atoms with van der Waals surface area (Å²) in [6.07, 6.45) is 2.29. The lowest BCUT2D eigenvalue weighted by Crippen LogP contribution is -2.36. The number of hydrogen-bond donors (Lipinski definition) is 0. The van der Waals surface area contributed by atoms with Crippen molar-refractivity contribution >= 4 is 10.8 Å². The lowest BCUT2D eigenvalue weighted by Gasteiger charge is -2.26. The number of rotatable bonds is 6. The molecule has 22 heavy (non-hydrogen) atoms. The van der Waals surface area contributed by atoms with Crippen molar-refractivity contribution in [2.45, 2.75) is 19.8 Å². The maximum absolute atomic E-state index is 5.89. The van der Waals surface area contributed by atoms with Crippen molar-refractivity contribution in [3.8, 4) is 5.75 Å². The third-order valence-corrected chi connectivity index (χ3v) is 4.21. The van der Waals surface area contributed by atoms with Crippen LogP contribution < -0.4 is 4.74 Å². The molecule has 1 fully saturated rings. The molecule has 0 radical (unpaired) electrons. The van der Waals surface area contributed by atoms with Crippen molar-refractivity contribution in [1.29, 1.82) is 0 Å². The minimum absolute atomic E-state index is 0.793. The lowest BCUT2D eigenvalue weighted by molar-refractivity contribution is 0.0368. The van der Waals surface area contributed by atoms with Crippen molar-refractivity contribution in [3.63, 3.8) is 0 Å². The summed E-state index contributed by atoms with van der Waals surface area (Å²) < 4.78 is 11.3. The van der Waals surface area contributed by atoms with Gasteiger partial charge in [0, 0.05) is 13.1 Å². The Balaban J connectivity index is 1.42. The van der Waals surface area contributed by atoms with Crippen LogP contribution in [0.15, 0.2) is 36.4 Å². The predicted octanol–water partition coefficient (Wildman–Crippen LogP) is 3.64. The van der Waals surface area contributed by atoms with Crippen LogP contribution in [0.5, 0.6) is 5.75 Å². The van der Waals surface area contributed by atoms with Gasteiger partial charge in [0.25, 0.3) is 0 Å². The zero-order valence-corrected chi connectivity index (χ0v) is 13.4. The van der Waals surface area contributed by atoms with E-state index in [-0.39, 0.29) is 0 Å². The summed E-state index contributed by atoms with van der Waals surface area (Å²) >= 11 is 0. The average Bonchev–Trinajstić information content (AvgIpc) is 2.55. The van der Waals surface area contributed by atoms with Crippen molar-refractivity contribution in [3.05, 3.63) is 42.0 Å². The molecule has 0 spiro atoms. The molecule has 1 aliphatic heterocycles. The zero-order chi connectivity index (χ0) is 15.2. The van der Waals surface area contributed by atoms with Gasteiger partial charge < -0.3 is 9.47 Å². The van der Waals surface area contributed by atoms with Crippen LogP contribution in [-0.2, 0) is 4.74 Å². The van der Waals surface area contributed by atoms with Crippen molar-refractivity contribution in [1.82, 2.24) is 4.90 Å². The molecule has 3 rings (SSSR count). The first-order valence-corrected chi connectivity index (χ1v) is 8.24. The van der Waals surface area contributed by atoms with Gasteiger partial charge in [0.15, 0.2) is 0 Å². The number of fused-ring (bicyclic) bond motifs is 1. The van der Waals surface area contributed by atoms with Gasteiger partial charge in [0.05, 0.1) is 19.8 Å². The zero-order valence-electron chi connectivity index (χ0n) is 13.4. The smallest absolute Gasteiger partial charge is 0.119 e. The molecule has 1 aliphatic rings. The molecule has 0 amide bonds. The fraction of sp³-hybridized carbons (Fsp3) is 0.474. The van der Waals surface area contributed by atoms with Gasteiger partial charge in [0.1, 0.15) is 5.75 Å². The van der Waals surface area contributed by atoms with Crippen LogP contribution in [0.4, 0.5) is 0 Å². The van der Waals surface area contributed by atoms with Gasteiger partial charge in [-0.1, -0.05) is 29.8 Å². The Hall–Kier alpha value is -1.58. The Bertz CT molecular complexity index is 605. The number of hydrogen-bond acceptors (Lipinski definition) is 3. The van der Waals surface area contributed by atoms with E-state index in [1.54, 1.807) is 0 Å². The van der Waals surface area contributed by atoms with Crippen LogP contribution in [0.3, 0.4) is 0 Å². The van der Waals surface area contributed by atoms with Crippen LogP contribution in [-0.4, -0.2) is 44.4 Å². The maximum atomic E-state index is 5.89. The first-order chi connectivity index (χ1) is 10.8. The van der Waals surface area contributed by atoms with Crippen molar-refractivity contribution in [2.24, 2.45) is 0 Å². The third-order valence-electron chi connectivity index (χ3n) is 4.21. The Morgan fingerprint density at radius 1 is 1.00 bits per heavy atom. The van der Waals surface area contributed by atoms with Gasteiger partial charge >= 0.3 is 0 Å². The minimum atomic E-state index is 0.793. The van der Waals surface area contributed by atoms with E-state index in [1.165, 1.54) is 22.8 Å². The standard InChI is InChI=1S/C19H25NO2/c1-16-4-5-18-15-19(7-6-17(18)14-16)22-11-3-2-8-20-9-12-21-13-10-20/h4-7,14-15H,2-3,8-13H2,1H3. The molecule has 1 saturated heterocycles. The molecule has 2 aromatic rings. The van der Waals surface area contributed by atoms with Crippen molar-refractivity contribution < 1.29 is 9.47 Å². The molecule has 0 bridgehead atoms. The number of benzene rings is 2. The molecular formula is C19H25NO2. The summed E-state index contributed by atoms with van der Waals surface area (Å²) in [5.74, 6) is 0.975. The Labute approximate surface area is 132 Å². The maximum Gasteiger partial charge on any atom is 0.119 e. The second-order valence-corrected chi connectivity index (χ2v) is 6.02. The topological polar surface area (TPSA) is 21.7 Å². The number of morpholine rings is 1. The largest absolute Gasteiger partial charge is 0.494 e. The molecule has 0 N–H and O–H groups in total. The molecule has 2 aromatic carbocycles. The van der Waals surface area contributed by atoms with Crippen LogP contribution >= 0.6 is 0 Å². The van der Waals surface area contributed by atoms with Crippen molar-refractivity contribution in [2.75, 3.05) is 39.5 Å². The van der Waals surface area contributed by atoms with Crippen LogP contribution in [0, 0.1) is 6.92 Å². The summed E-state index contributed by atoms with van der Waals surface area (Å²) in [6.45, 7) is 7.99. The van der Waals surface area contributed by atoms with Gasteiger partial charge in [-0.05, 0) is 49.2 Å². The molecule has 0 aromatic heterocycles. The van der Waals surface area contributed by atoms with E-state index in [0.29, 0.717) is 0 Å². The first kappa shape index (κ1) is 15.3. The van der Waals surface area contributed by atoms with E-state index < -0.39 is 0 Å². The molecule has 3 nitrogen and oxygen atoms in total. The molecule has 0 atom stereocenters. The molecule has 118 valence electrons. The number of nitrogens with zero attached hydrogens (tertiary/aromatic N) is 1. The molecule has 0 aliphatic carbocycles. The van der Waals surface area contributed by atoms with E-state index in [4.69, 9.17) is 9.47 Å². The van der Waals surface area contributed by atoms with E-state index >= 15 is 0 Å². The van der Waals surface area contributed by atoms with Gasteiger partial charge in [0.2, 0.25) is 0 Å². The second-order valence-electron chi connectivity index (χ2n) is 6.02. The highest BCUT2D eigenvalue weighted by molar-refractivity contribution is 5.84. The van der Waals surface area contributed by atoms with E-state index in [2.05, 4.69) is 48.2 Å². The molecule has 0 unspecified atom stereocenters. The number of ether oxygens (including phenoxy) is 2. The first-order valence-electron chi connectivity index (χ1n) is 8.24. The number of unbranched alkanes of at least 4 members (excludes halogenated alkanes) is 1. The highest BCUT2D eigenvalue weighted by atomic mass is 16.5. The van der Waals surface area contributed by atoms with Crippen LogP contribution in [0.25, 0.3) is 10.8 Å². The lowest BCUT2D eigenvalue weighted by atomic mass is 10.1. The molecule has 0 saturated carbocycles. The number of aryl methyl sites for hydroxylation is 1. The Morgan fingerprint density at radius 2 is 1.77 bits per heavy atom. The minimum Gasteiger partial charge on any atom is -0.494 e. The average molecular weight is 299 g/mol. The summed E-state index contributed by atoms with van der Waals surface area (Å²) in [5.41, 5.74) is 1.30. The van der Waals surface area contributed by atoms with E-state index in [0.717, 1.165) is 51.6 Å². The predicted molar refractivity (Wildman–Crippen MR) is 90.7 cm³/mol. The summed E-state index contributed by atoms with van der Waals surface area (Å²) in [7, 11) is 0. The highest BCUT2D eigenvalue weighted by Gasteiger charge is 2.09. The van der Waals surface area contributed by atoms with Crippen LogP contribution in [0.2, 0.25) is 0 Å². The summed E-state index contributed by atoms with van der Waals surface area (Å²) in [6, 6.07) is 12.9. The van der Waals surface area contributed by atoms with Crippen LogP contribution in [0.1, 0.15) is 18.4 Å². The fourth-order valence-corrected chi connectivity index (χ4v) is 2.89. The van der Waals surface area contributed by atoms with E-state index in [9.17, 15) is 0 Å². The quantitative estimate of drug-likeness (QED) is 0.760. The van der Waals surface area contributed by atoms with Gasteiger partial charge in [-0.25, -0.2) is 0 Å². The van der Waals surface area contributed by atoms with Gasteiger partial charge in [-0.2, -0.15) is 0 Å². The molecule has 3 heteroatoms.